The summed E-state index contributed by atoms with van der Waals surface area (Å²) in [6.07, 6.45) is 7.98. The highest BCUT2D eigenvalue weighted by Gasteiger charge is 2.32. The summed E-state index contributed by atoms with van der Waals surface area (Å²) in [4.78, 5) is 14.3. The molecule has 2 aromatic heterocycles. The fourth-order valence-electron chi connectivity index (χ4n) is 3.15. The van der Waals surface area contributed by atoms with E-state index in [1.165, 1.54) is 28.6 Å². The largest absolute Gasteiger partial charge is 0.338 e. The minimum Gasteiger partial charge on any atom is -0.338 e. The van der Waals surface area contributed by atoms with Crippen molar-refractivity contribution < 1.29 is 9.18 Å². The van der Waals surface area contributed by atoms with Gasteiger partial charge in [0.1, 0.15) is 5.82 Å². The standard InChI is InChI=1S/C18H18FN5O/c1-22-9-13(7-20-22)5-14-10-23(11-14)18(25)15-8-21-24(12-15)17-4-2-3-16(19)6-17/h2-4,6-9,12,14H,5,10-11H2,1H3. The van der Waals surface area contributed by atoms with Crippen molar-refractivity contribution in [3.05, 3.63) is 66.0 Å². The van der Waals surface area contributed by atoms with Crippen LogP contribution < -0.4 is 0 Å². The topological polar surface area (TPSA) is 56.0 Å². The number of nitrogens with zero attached hydrogens (tertiary/aromatic N) is 5. The first-order valence-electron chi connectivity index (χ1n) is 8.16. The van der Waals surface area contributed by atoms with Crippen LogP contribution in [0.4, 0.5) is 4.39 Å². The van der Waals surface area contributed by atoms with Crippen LogP contribution in [-0.2, 0) is 13.5 Å². The van der Waals surface area contributed by atoms with Crippen LogP contribution in [0.5, 0.6) is 0 Å². The fraction of sp³-hybridized carbons (Fsp3) is 0.278. The molecule has 6 nitrogen and oxygen atoms in total. The molecule has 0 atom stereocenters. The van der Waals surface area contributed by atoms with Crippen LogP contribution in [0.15, 0.2) is 49.1 Å². The van der Waals surface area contributed by atoms with Gasteiger partial charge in [0.15, 0.2) is 0 Å². The molecule has 3 aromatic rings. The minimum atomic E-state index is -0.332. The van der Waals surface area contributed by atoms with Gasteiger partial charge in [-0.3, -0.25) is 9.48 Å². The van der Waals surface area contributed by atoms with Crippen LogP contribution in [0.1, 0.15) is 15.9 Å². The molecule has 0 N–H and O–H groups in total. The Morgan fingerprint density at radius 1 is 1.24 bits per heavy atom. The summed E-state index contributed by atoms with van der Waals surface area (Å²) in [5, 5.41) is 8.34. The van der Waals surface area contributed by atoms with Gasteiger partial charge in [0.25, 0.3) is 5.91 Å². The van der Waals surface area contributed by atoms with Gasteiger partial charge < -0.3 is 4.90 Å². The summed E-state index contributed by atoms with van der Waals surface area (Å²) in [6.45, 7) is 1.47. The summed E-state index contributed by atoms with van der Waals surface area (Å²) in [5.41, 5.74) is 2.31. The third-order valence-electron chi connectivity index (χ3n) is 4.43. The van der Waals surface area contributed by atoms with Crippen molar-refractivity contribution in [3.63, 3.8) is 0 Å². The summed E-state index contributed by atoms with van der Waals surface area (Å²) >= 11 is 0. The van der Waals surface area contributed by atoms with E-state index in [-0.39, 0.29) is 11.7 Å². The van der Waals surface area contributed by atoms with Gasteiger partial charge in [0.2, 0.25) is 0 Å². The molecular formula is C18H18FN5O. The average Bonchev–Trinajstić information content (AvgIpc) is 3.19. The number of hydrogen-bond acceptors (Lipinski definition) is 3. The Bertz CT molecular complexity index is 910. The smallest absolute Gasteiger partial charge is 0.257 e. The highest BCUT2D eigenvalue weighted by atomic mass is 19.1. The van der Waals surface area contributed by atoms with Gasteiger partial charge in [-0.15, -0.1) is 0 Å². The average molecular weight is 339 g/mol. The molecule has 0 unspecified atom stereocenters. The first-order valence-corrected chi connectivity index (χ1v) is 8.16. The zero-order valence-corrected chi connectivity index (χ0v) is 13.8. The number of benzene rings is 1. The molecule has 25 heavy (non-hydrogen) atoms. The lowest BCUT2D eigenvalue weighted by atomic mass is 9.93. The summed E-state index contributed by atoms with van der Waals surface area (Å²) < 4.78 is 16.6. The molecular weight excluding hydrogens is 321 g/mol. The minimum absolute atomic E-state index is 0.0370. The van der Waals surface area contributed by atoms with E-state index in [1.807, 2.05) is 24.3 Å². The van der Waals surface area contributed by atoms with Gasteiger partial charge in [-0.2, -0.15) is 10.2 Å². The third kappa shape index (κ3) is 3.17. The Labute approximate surface area is 144 Å². The molecule has 128 valence electrons. The normalized spacial score (nSPS) is 14.6. The molecule has 0 saturated carbocycles. The molecule has 3 heterocycles. The number of carbonyl (C=O) groups excluding carboxylic acids is 1. The maximum atomic E-state index is 13.3. The number of likely N-dealkylation sites (tertiary alicyclic amines) is 1. The van der Waals surface area contributed by atoms with Crippen LogP contribution >= 0.6 is 0 Å². The molecule has 0 radical (unpaired) electrons. The maximum Gasteiger partial charge on any atom is 0.257 e. The van der Waals surface area contributed by atoms with E-state index in [0.717, 1.165) is 19.5 Å². The monoisotopic (exact) mass is 339 g/mol. The Kier molecular flexibility index (Phi) is 3.83. The van der Waals surface area contributed by atoms with Crippen LogP contribution in [0.2, 0.25) is 0 Å². The first-order chi connectivity index (χ1) is 12.1. The molecule has 7 heteroatoms. The summed E-state index contributed by atoms with van der Waals surface area (Å²) in [7, 11) is 1.90. The van der Waals surface area contributed by atoms with Crippen molar-refractivity contribution in [2.24, 2.45) is 13.0 Å². The predicted molar refractivity (Wildman–Crippen MR) is 89.8 cm³/mol. The van der Waals surface area contributed by atoms with Gasteiger partial charge in [-0.25, -0.2) is 9.07 Å². The van der Waals surface area contributed by atoms with E-state index in [4.69, 9.17) is 0 Å². The lowest BCUT2D eigenvalue weighted by Crippen LogP contribution is -2.50. The van der Waals surface area contributed by atoms with Crippen molar-refractivity contribution in [2.45, 2.75) is 6.42 Å². The quantitative estimate of drug-likeness (QED) is 0.731. The fourth-order valence-corrected chi connectivity index (χ4v) is 3.15. The molecule has 1 fully saturated rings. The number of hydrogen-bond donors (Lipinski definition) is 0. The van der Waals surface area contributed by atoms with Crippen LogP contribution in [0.3, 0.4) is 0 Å². The van der Waals surface area contributed by atoms with Crippen molar-refractivity contribution in [2.75, 3.05) is 13.1 Å². The lowest BCUT2D eigenvalue weighted by Gasteiger charge is -2.39. The van der Waals surface area contributed by atoms with Gasteiger partial charge in [0, 0.05) is 32.5 Å². The van der Waals surface area contributed by atoms with Gasteiger partial charge >= 0.3 is 0 Å². The molecule has 1 amide bonds. The SMILES string of the molecule is Cn1cc(CC2CN(C(=O)c3cnn(-c4cccc(F)c4)c3)C2)cn1. The highest BCUT2D eigenvalue weighted by molar-refractivity contribution is 5.94. The predicted octanol–water partition coefficient (Wildman–Crippen LogP) is 2.06. The maximum absolute atomic E-state index is 13.3. The second-order valence-corrected chi connectivity index (χ2v) is 6.46. The van der Waals surface area contributed by atoms with Crippen molar-refractivity contribution in [3.8, 4) is 5.69 Å². The van der Waals surface area contributed by atoms with Gasteiger partial charge in [-0.1, -0.05) is 6.07 Å². The molecule has 4 rings (SSSR count). The highest BCUT2D eigenvalue weighted by Crippen LogP contribution is 2.22. The second kappa shape index (κ2) is 6.16. The second-order valence-electron chi connectivity index (χ2n) is 6.46. The van der Waals surface area contributed by atoms with E-state index < -0.39 is 0 Å². The Balaban J connectivity index is 1.38. The van der Waals surface area contributed by atoms with Crippen molar-refractivity contribution in [1.82, 2.24) is 24.5 Å². The molecule has 1 aromatic carbocycles. The van der Waals surface area contributed by atoms with E-state index in [1.54, 1.807) is 23.0 Å². The number of rotatable bonds is 4. The number of aromatic nitrogens is 4. The van der Waals surface area contributed by atoms with Crippen LogP contribution in [-0.4, -0.2) is 43.5 Å². The van der Waals surface area contributed by atoms with Crippen LogP contribution in [0, 0.1) is 11.7 Å². The number of carbonyl (C=O) groups is 1. The lowest BCUT2D eigenvalue weighted by molar-refractivity contribution is 0.0501. The molecule has 0 bridgehead atoms. The molecule has 1 aliphatic heterocycles. The van der Waals surface area contributed by atoms with E-state index >= 15 is 0 Å². The summed E-state index contributed by atoms with van der Waals surface area (Å²) in [5.74, 6) is 0.0957. The van der Waals surface area contributed by atoms with E-state index in [9.17, 15) is 9.18 Å². The zero-order valence-electron chi connectivity index (χ0n) is 13.8. The van der Waals surface area contributed by atoms with Crippen molar-refractivity contribution >= 4 is 5.91 Å². The first kappa shape index (κ1) is 15.6. The Morgan fingerprint density at radius 3 is 2.80 bits per heavy atom. The molecule has 1 aliphatic rings. The molecule has 0 aliphatic carbocycles. The van der Waals surface area contributed by atoms with E-state index in [2.05, 4.69) is 10.2 Å². The molecule has 1 saturated heterocycles. The van der Waals surface area contributed by atoms with Gasteiger partial charge in [0.05, 0.1) is 23.6 Å². The third-order valence-corrected chi connectivity index (χ3v) is 4.43. The van der Waals surface area contributed by atoms with Crippen LogP contribution in [0.25, 0.3) is 5.69 Å². The number of aryl methyl sites for hydroxylation is 1. The molecule has 0 spiro atoms. The number of amides is 1. The summed E-state index contributed by atoms with van der Waals surface area (Å²) in [6, 6.07) is 6.13. The van der Waals surface area contributed by atoms with Gasteiger partial charge in [-0.05, 0) is 36.1 Å². The van der Waals surface area contributed by atoms with E-state index in [0.29, 0.717) is 17.2 Å². The number of halogens is 1. The zero-order chi connectivity index (χ0) is 17.4. The van der Waals surface area contributed by atoms with Crippen molar-refractivity contribution in [1.29, 1.82) is 0 Å². The Hall–Kier alpha value is -2.96. The Morgan fingerprint density at radius 2 is 2.08 bits per heavy atom.